The highest BCUT2D eigenvalue weighted by atomic mass is 127. The van der Waals surface area contributed by atoms with Gasteiger partial charge in [-0.15, -0.1) is 0 Å². The maximum atomic E-state index is 12.9. The van der Waals surface area contributed by atoms with Gasteiger partial charge in [-0.2, -0.15) is 5.10 Å². The number of nitrogens with one attached hydrogen (secondary N) is 2. The molecule has 4 rings (SSSR count). The molecule has 3 aromatic rings. The summed E-state index contributed by atoms with van der Waals surface area (Å²) >= 11 is 2.33. The number of benzene rings is 2. The van der Waals surface area contributed by atoms with E-state index in [1.807, 2.05) is 23.7 Å². The number of nitrogens with zero attached hydrogens (tertiary/aromatic N) is 2. The molecule has 51 heavy (non-hydrogen) atoms. The van der Waals surface area contributed by atoms with E-state index in [1.165, 1.54) is 9.13 Å². The smallest absolute Gasteiger partial charge is 0.250 e. The Morgan fingerprint density at radius 2 is 1.47 bits per heavy atom. The minimum Gasteiger partial charge on any atom is -0.384 e. The third-order valence-electron chi connectivity index (χ3n) is 8.36. The average Bonchev–Trinajstić information content (AvgIpc) is 3.41. The van der Waals surface area contributed by atoms with E-state index in [4.69, 9.17) is 34.5 Å². The molecule has 0 fully saturated rings. The minimum atomic E-state index is -0.516. The van der Waals surface area contributed by atoms with Crippen molar-refractivity contribution >= 4 is 40.0 Å². The Morgan fingerprint density at radius 3 is 2.08 bits per heavy atom. The number of carbonyl (C=O) groups is 2. The fraction of sp³-hybridized carbons (Fsp3) is 0.553. The molecule has 13 heteroatoms. The number of aryl methyl sites for hydroxylation is 1. The normalized spacial score (nSPS) is 13.8. The van der Waals surface area contributed by atoms with E-state index < -0.39 is 5.91 Å². The van der Waals surface area contributed by atoms with Crippen LogP contribution in [0.15, 0.2) is 42.5 Å². The molecule has 0 spiro atoms. The summed E-state index contributed by atoms with van der Waals surface area (Å²) in [5.41, 5.74) is 10.9. The Balaban J connectivity index is 0.981. The number of fused-ring (bicyclic) bond motifs is 1. The first kappa shape index (κ1) is 40.8. The minimum absolute atomic E-state index is 0.124. The first-order valence-corrected chi connectivity index (χ1v) is 18.9. The topological polar surface area (TPSA) is 148 Å². The van der Waals surface area contributed by atoms with Crippen LogP contribution in [0.2, 0.25) is 0 Å². The van der Waals surface area contributed by atoms with Crippen LogP contribution < -0.4 is 16.4 Å². The average molecular weight is 820 g/mol. The van der Waals surface area contributed by atoms with Crippen LogP contribution in [0.5, 0.6) is 0 Å². The Bertz CT molecular complexity index is 1550. The van der Waals surface area contributed by atoms with Crippen LogP contribution in [0.25, 0.3) is 5.69 Å². The third-order valence-corrected chi connectivity index (χ3v) is 9.03. The highest BCUT2D eigenvalue weighted by Crippen LogP contribution is 2.37. The van der Waals surface area contributed by atoms with Gasteiger partial charge in [0.2, 0.25) is 0 Å². The number of halogens is 1. The maximum absolute atomic E-state index is 12.9. The Morgan fingerprint density at radius 1 is 0.863 bits per heavy atom. The molecular formula is C38H54IN5O7. The predicted molar refractivity (Wildman–Crippen MR) is 206 cm³/mol. The molecular weight excluding hydrogens is 765 g/mol. The second kappa shape index (κ2) is 21.6. The predicted octanol–water partition coefficient (Wildman–Crippen LogP) is 5.10. The number of nitrogens with two attached hydrogens (primary N) is 1. The van der Waals surface area contributed by atoms with E-state index in [0.717, 1.165) is 49.4 Å². The van der Waals surface area contributed by atoms with Crippen molar-refractivity contribution in [3.8, 4) is 5.69 Å². The second-order valence-electron chi connectivity index (χ2n) is 13.4. The molecule has 1 amide bonds. The molecule has 0 atom stereocenters. The number of hydrogen-bond acceptors (Lipinski definition) is 10. The first-order chi connectivity index (χ1) is 24.6. The van der Waals surface area contributed by atoms with Gasteiger partial charge in [-0.3, -0.25) is 9.59 Å². The number of rotatable bonds is 25. The molecule has 0 bridgehead atoms. The lowest BCUT2D eigenvalue weighted by Crippen LogP contribution is -2.28. The number of aromatic nitrogens is 2. The highest BCUT2D eigenvalue weighted by Gasteiger charge is 2.35. The number of hydrogen-bond donors (Lipinski definition) is 3. The van der Waals surface area contributed by atoms with Gasteiger partial charge < -0.3 is 40.1 Å². The summed E-state index contributed by atoms with van der Waals surface area (Å²) in [6, 6.07) is 13.9. The summed E-state index contributed by atoms with van der Waals surface area (Å²) in [6.45, 7) is 13.8. The van der Waals surface area contributed by atoms with Crippen LogP contribution >= 0.6 is 22.6 Å². The Kier molecular flexibility index (Phi) is 17.3. The number of amides is 1. The van der Waals surface area contributed by atoms with Crippen LogP contribution in [-0.2, 0) is 36.6 Å². The number of Topliss-reactive ketones (excluding diaryl/α,β-unsaturated/α-hetero) is 1. The van der Waals surface area contributed by atoms with Gasteiger partial charge in [0.05, 0.1) is 81.1 Å². The number of ketones is 1. The van der Waals surface area contributed by atoms with Gasteiger partial charge in [-0.1, -0.05) is 26.0 Å². The van der Waals surface area contributed by atoms with Crippen LogP contribution in [0.4, 0.5) is 5.69 Å². The van der Waals surface area contributed by atoms with Crippen molar-refractivity contribution in [3.63, 3.8) is 0 Å². The summed E-state index contributed by atoms with van der Waals surface area (Å²) in [6.07, 6.45) is 2.93. The van der Waals surface area contributed by atoms with Gasteiger partial charge in [0.25, 0.3) is 5.91 Å². The van der Waals surface area contributed by atoms with E-state index in [1.54, 1.807) is 6.07 Å². The number of primary amides is 1. The highest BCUT2D eigenvalue weighted by molar-refractivity contribution is 14.1. The SMILES string of the molecule is Cc1nn(-c2ccc(C(N)=O)c(NCCCOCCOCCOCCOCCOCCCNCc3cccc(I)c3)c2)c2c1C(=O)CC(C)(C)C2. The zero-order chi connectivity index (χ0) is 36.5. The van der Waals surface area contributed by atoms with E-state index in [9.17, 15) is 9.59 Å². The quantitative estimate of drug-likeness (QED) is 0.0779. The number of ether oxygens (including phenoxy) is 5. The van der Waals surface area contributed by atoms with Gasteiger partial charge in [0.15, 0.2) is 5.78 Å². The second-order valence-corrected chi connectivity index (χ2v) is 14.6. The van der Waals surface area contributed by atoms with Crippen molar-refractivity contribution in [2.45, 2.75) is 53.0 Å². The van der Waals surface area contributed by atoms with Gasteiger partial charge in [-0.05, 0) is 96.6 Å². The molecule has 280 valence electrons. The maximum Gasteiger partial charge on any atom is 0.250 e. The number of anilines is 1. The Labute approximate surface area is 315 Å². The molecule has 1 aromatic heterocycles. The van der Waals surface area contributed by atoms with Crippen molar-refractivity contribution in [1.82, 2.24) is 15.1 Å². The molecule has 1 aliphatic rings. The molecule has 0 saturated carbocycles. The third kappa shape index (κ3) is 13.9. The van der Waals surface area contributed by atoms with Crippen molar-refractivity contribution in [2.24, 2.45) is 11.1 Å². The summed E-state index contributed by atoms with van der Waals surface area (Å²) in [7, 11) is 0. The zero-order valence-corrected chi connectivity index (χ0v) is 32.4. The van der Waals surface area contributed by atoms with E-state index in [-0.39, 0.29) is 11.2 Å². The summed E-state index contributed by atoms with van der Waals surface area (Å²) in [4.78, 5) is 25.0. The summed E-state index contributed by atoms with van der Waals surface area (Å²) in [5, 5.41) is 11.5. The van der Waals surface area contributed by atoms with Crippen molar-refractivity contribution in [2.75, 3.05) is 84.5 Å². The van der Waals surface area contributed by atoms with Gasteiger partial charge in [0.1, 0.15) is 0 Å². The first-order valence-electron chi connectivity index (χ1n) is 17.8. The summed E-state index contributed by atoms with van der Waals surface area (Å²) < 4.78 is 31.1. The lowest BCUT2D eigenvalue weighted by Gasteiger charge is -2.29. The molecule has 0 aliphatic heterocycles. The van der Waals surface area contributed by atoms with Gasteiger partial charge in [-0.25, -0.2) is 4.68 Å². The van der Waals surface area contributed by atoms with Crippen molar-refractivity contribution < 1.29 is 33.3 Å². The lowest BCUT2D eigenvalue weighted by atomic mass is 9.75. The van der Waals surface area contributed by atoms with Crippen LogP contribution in [-0.4, -0.2) is 101 Å². The standard InChI is InChI=1S/C38H54IN5O7/c1-28-36-34(25-38(2,3)26-35(36)45)44(43-28)31-9-10-32(37(40)46)33(24-31)42-12-6-14-48-16-18-50-20-22-51-21-19-49-17-15-47-13-5-11-41-27-29-7-4-8-30(39)23-29/h4,7-10,23-24,41-42H,5-6,11-22,25-27H2,1-3H3,(H2,40,46). The zero-order valence-electron chi connectivity index (χ0n) is 30.3. The van der Waals surface area contributed by atoms with Crippen molar-refractivity contribution in [1.29, 1.82) is 0 Å². The van der Waals surface area contributed by atoms with E-state index in [0.29, 0.717) is 95.8 Å². The lowest BCUT2D eigenvalue weighted by molar-refractivity contribution is -0.0111. The fourth-order valence-electron chi connectivity index (χ4n) is 5.94. The van der Waals surface area contributed by atoms with Gasteiger partial charge in [0, 0.05) is 42.0 Å². The molecule has 1 aliphatic carbocycles. The Hall–Kier alpha value is -2.92. The molecule has 0 saturated heterocycles. The van der Waals surface area contributed by atoms with E-state index >= 15 is 0 Å². The molecule has 0 unspecified atom stereocenters. The fourth-order valence-corrected chi connectivity index (χ4v) is 6.54. The molecule has 1 heterocycles. The molecule has 4 N–H and O–H groups in total. The van der Waals surface area contributed by atoms with Gasteiger partial charge >= 0.3 is 0 Å². The van der Waals surface area contributed by atoms with E-state index in [2.05, 4.69) is 71.3 Å². The van der Waals surface area contributed by atoms with Crippen LogP contribution in [0.1, 0.15) is 70.8 Å². The van der Waals surface area contributed by atoms with Crippen LogP contribution in [0, 0.1) is 15.9 Å². The van der Waals surface area contributed by atoms with Crippen LogP contribution in [0.3, 0.4) is 0 Å². The van der Waals surface area contributed by atoms with Crippen molar-refractivity contribution in [3.05, 3.63) is 74.1 Å². The summed E-state index contributed by atoms with van der Waals surface area (Å²) in [5.74, 6) is -0.392. The monoisotopic (exact) mass is 819 g/mol. The number of carbonyl (C=O) groups excluding carboxylic acids is 2. The molecule has 0 radical (unpaired) electrons. The molecule has 12 nitrogen and oxygen atoms in total. The largest absolute Gasteiger partial charge is 0.384 e. The molecule has 2 aromatic carbocycles.